The molecule has 2 aromatic carbocycles. The number of amides is 1. The predicted molar refractivity (Wildman–Crippen MR) is 111 cm³/mol. The minimum atomic E-state index is -4.37. The SMILES string of the molecule is O=C(CCNC(=O)C(Cc1ccccc1)CP(=O)(O)O)OCCOc1ccccc1. The summed E-state index contributed by atoms with van der Waals surface area (Å²) >= 11 is 0. The van der Waals surface area contributed by atoms with Crippen LogP contribution in [0.2, 0.25) is 0 Å². The highest BCUT2D eigenvalue weighted by atomic mass is 31.2. The molecule has 30 heavy (non-hydrogen) atoms. The van der Waals surface area contributed by atoms with E-state index in [0.29, 0.717) is 5.75 Å². The first-order valence-electron chi connectivity index (χ1n) is 9.53. The average molecular weight is 435 g/mol. The molecule has 0 saturated heterocycles. The molecule has 9 heteroatoms. The third-order valence-corrected chi connectivity index (χ3v) is 5.06. The monoisotopic (exact) mass is 435 g/mol. The van der Waals surface area contributed by atoms with Crippen LogP contribution in [0.5, 0.6) is 5.75 Å². The highest BCUT2D eigenvalue weighted by molar-refractivity contribution is 7.51. The lowest BCUT2D eigenvalue weighted by Crippen LogP contribution is -2.35. The van der Waals surface area contributed by atoms with Crippen molar-refractivity contribution in [2.75, 3.05) is 25.9 Å². The number of carbonyl (C=O) groups excluding carboxylic acids is 2. The van der Waals surface area contributed by atoms with Gasteiger partial charge in [0.05, 0.1) is 18.5 Å². The van der Waals surface area contributed by atoms with Gasteiger partial charge < -0.3 is 24.6 Å². The molecule has 0 aliphatic heterocycles. The zero-order valence-electron chi connectivity index (χ0n) is 16.5. The van der Waals surface area contributed by atoms with E-state index in [-0.39, 0.29) is 32.6 Å². The van der Waals surface area contributed by atoms with Crippen molar-refractivity contribution in [3.8, 4) is 5.75 Å². The Balaban J connectivity index is 1.71. The number of nitrogens with one attached hydrogen (secondary N) is 1. The van der Waals surface area contributed by atoms with E-state index in [1.54, 1.807) is 36.4 Å². The van der Waals surface area contributed by atoms with Crippen LogP contribution >= 0.6 is 7.60 Å². The van der Waals surface area contributed by atoms with E-state index in [9.17, 15) is 23.9 Å². The molecule has 0 saturated carbocycles. The number of carbonyl (C=O) groups is 2. The lowest BCUT2D eigenvalue weighted by Gasteiger charge is -2.17. The summed E-state index contributed by atoms with van der Waals surface area (Å²) in [6.45, 7) is 0.309. The maximum Gasteiger partial charge on any atom is 0.326 e. The van der Waals surface area contributed by atoms with Crippen LogP contribution in [0, 0.1) is 5.92 Å². The molecule has 2 rings (SSSR count). The molecule has 3 N–H and O–H groups in total. The Morgan fingerprint density at radius 3 is 2.23 bits per heavy atom. The van der Waals surface area contributed by atoms with Gasteiger partial charge in [0.1, 0.15) is 19.0 Å². The summed E-state index contributed by atoms with van der Waals surface area (Å²) in [4.78, 5) is 42.7. The van der Waals surface area contributed by atoms with Crippen LogP contribution in [-0.2, 0) is 25.3 Å². The molecule has 0 radical (unpaired) electrons. The first-order valence-corrected chi connectivity index (χ1v) is 11.3. The van der Waals surface area contributed by atoms with E-state index in [1.165, 1.54) is 0 Å². The third kappa shape index (κ3) is 9.69. The topological polar surface area (TPSA) is 122 Å². The van der Waals surface area contributed by atoms with Gasteiger partial charge in [-0.05, 0) is 24.1 Å². The summed E-state index contributed by atoms with van der Waals surface area (Å²) in [6, 6.07) is 18.1. The second kappa shape index (κ2) is 12.1. The highest BCUT2D eigenvalue weighted by Crippen LogP contribution is 2.37. The van der Waals surface area contributed by atoms with Crippen molar-refractivity contribution in [3.63, 3.8) is 0 Å². The van der Waals surface area contributed by atoms with Gasteiger partial charge in [-0.3, -0.25) is 14.2 Å². The van der Waals surface area contributed by atoms with Gasteiger partial charge >= 0.3 is 13.6 Å². The summed E-state index contributed by atoms with van der Waals surface area (Å²) in [5.74, 6) is -1.23. The van der Waals surface area contributed by atoms with Gasteiger partial charge in [-0.1, -0.05) is 48.5 Å². The molecule has 8 nitrogen and oxygen atoms in total. The fourth-order valence-corrected chi connectivity index (χ4v) is 3.63. The second-order valence-corrected chi connectivity index (χ2v) is 8.35. The summed E-state index contributed by atoms with van der Waals surface area (Å²) in [6.07, 6.45) is -0.418. The molecule has 162 valence electrons. The van der Waals surface area contributed by atoms with Gasteiger partial charge in [0.15, 0.2) is 0 Å². The van der Waals surface area contributed by atoms with Gasteiger partial charge in [0.25, 0.3) is 0 Å². The number of benzene rings is 2. The molecule has 0 aliphatic rings. The number of esters is 1. The number of ether oxygens (including phenoxy) is 2. The summed E-state index contributed by atoms with van der Waals surface area (Å²) < 4.78 is 21.9. The first kappa shape index (κ1) is 23.6. The predicted octanol–water partition coefficient (Wildman–Crippen LogP) is 2.15. The smallest absolute Gasteiger partial charge is 0.326 e. The number of hydrogen-bond acceptors (Lipinski definition) is 5. The van der Waals surface area contributed by atoms with Crippen molar-refractivity contribution in [1.82, 2.24) is 5.32 Å². The lowest BCUT2D eigenvalue weighted by atomic mass is 10.0. The second-order valence-electron chi connectivity index (χ2n) is 6.66. The minimum Gasteiger partial charge on any atom is -0.490 e. The first-order chi connectivity index (χ1) is 14.3. The zero-order valence-corrected chi connectivity index (χ0v) is 17.4. The quantitative estimate of drug-likeness (QED) is 0.265. The fraction of sp³-hybridized carbons (Fsp3) is 0.333. The number of para-hydroxylation sites is 1. The van der Waals surface area contributed by atoms with Crippen molar-refractivity contribution in [2.45, 2.75) is 12.8 Å². The van der Waals surface area contributed by atoms with Crippen molar-refractivity contribution in [3.05, 3.63) is 66.2 Å². The lowest BCUT2D eigenvalue weighted by molar-refractivity contribution is -0.144. The highest BCUT2D eigenvalue weighted by Gasteiger charge is 2.27. The summed E-state index contributed by atoms with van der Waals surface area (Å²) in [5.41, 5.74) is 0.795. The molecule has 0 spiro atoms. The van der Waals surface area contributed by atoms with Crippen LogP contribution in [0.25, 0.3) is 0 Å². The van der Waals surface area contributed by atoms with Crippen molar-refractivity contribution in [2.24, 2.45) is 5.92 Å². The van der Waals surface area contributed by atoms with E-state index in [2.05, 4.69) is 5.32 Å². The molecular weight excluding hydrogens is 409 g/mol. The Morgan fingerprint density at radius 1 is 0.967 bits per heavy atom. The Bertz CT molecular complexity index is 839. The van der Waals surface area contributed by atoms with Gasteiger partial charge in [-0.2, -0.15) is 0 Å². The average Bonchev–Trinajstić information content (AvgIpc) is 2.71. The summed E-state index contributed by atoms with van der Waals surface area (Å²) in [5, 5.41) is 2.56. The maximum absolute atomic E-state index is 12.4. The van der Waals surface area contributed by atoms with E-state index in [4.69, 9.17) is 9.47 Å². The molecule has 0 fully saturated rings. The van der Waals surface area contributed by atoms with Crippen LogP contribution in [0.4, 0.5) is 0 Å². The summed E-state index contributed by atoms with van der Waals surface area (Å²) in [7, 11) is -4.37. The third-order valence-electron chi connectivity index (χ3n) is 4.14. The Kier molecular flexibility index (Phi) is 9.54. The number of rotatable bonds is 12. The largest absolute Gasteiger partial charge is 0.490 e. The fourth-order valence-electron chi connectivity index (χ4n) is 2.76. The van der Waals surface area contributed by atoms with E-state index < -0.39 is 31.6 Å². The molecule has 0 aliphatic carbocycles. The maximum atomic E-state index is 12.4. The Morgan fingerprint density at radius 2 is 1.60 bits per heavy atom. The van der Waals surface area contributed by atoms with Crippen molar-refractivity contribution in [1.29, 1.82) is 0 Å². The van der Waals surface area contributed by atoms with Gasteiger partial charge in [0.2, 0.25) is 5.91 Å². The Hall–Kier alpha value is -2.67. The molecule has 2 aromatic rings. The zero-order chi connectivity index (χ0) is 21.8. The van der Waals surface area contributed by atoms with E-state index in [0.717, 1.165) is 5.56 Å². The van der Waals surface area contributed by atoms with Crippen LogP contribution in [0.15, 0.2) is 60.7 Å². The van der Waals surface area contributed by atoms with Crippen LogP contribution in [-0.4, -0.2) is 47.6 Å². The molecule has 0 heterocycles. The minimum absolute atomic E-state index is 0.0175. The standard InChI is InChI=1S/C21H26NO7P/c23-20(29-14-13-28-19-9-5-2-6-10-19)11-12-22-21(24)18(16-30(25,26)27)15-17-7-3-1-4-8-17/h1-10,18H,11-16H2,(H,22,24)(H2,25,26,27). The van der Waals surface area contributed by atoms with Gasteiger partial charge in [-0.15, -0.1) is 0 Å². The van der Waals surface area contributed by atoms with Crippen LogP contribution < -0.4 is 10.1 Å². The van der Waals surface area contributed by atoms with E-state index in [1.807, 2.05) is 24.3 Å². The Labute approximate surface area is 175 Å². The van der Waals surface area contributed by atoms with Crippen LogP contribution in [0.1, 0.15) is 12.0 Å². The molecule has 1 atom stereocenters. The molecule has 0 aromatic heterocycles. The molecular formula is C21H26NO7P. The number of hydrogen-bond donors (Lipinski definition) is 3. The molecule has 1 unspecified atom stereocenters. The van der Waals surface area contributed by atoms with Gasteiger partial charge in [-0.25, -0.2) is 0 Å². The molecule has 0 bridgehead atoms. The van der Waals surface area contributed by atoms with Gasteiger partial charge in [0, 0.05) is 6.54 Å². The van der Waals surface area contributed by atoms with Crippen molar-refractivity contribution < 1.29 is 33.4 Å². The normalized spacial score (nSPS) is 12.1. The van der Waals surface area contributed by atoms with Crippen LogP contribution in [0.3, 0.4) is 0 Å². The molecule has 1 amide bonds. The van der Waals surface area contributed by atoms with E-state index >= 15 is 0 Å². The van der Waals surface area contributed by atoms with Crippen molar-refractivity contribution >= 4 is 19.5 Å².